The number of rotatable bonds is 5. The molecule has 3 aromatic rings. The van der Waals surface area contributed by atoms with E-state index in [9.17, 15) is 4.79 Å². The number of hydrogen-bond donors (Lipinski definition) is 0. The second kappa shape index (κ2) is 6.87. The van der Waals surface area contributed by atoms with E-state index in [0.29, 0.717) is 18.7 Å². The molecule has 2 heterocycles. The number of pyridine rings is 1. The van der Waals surface area contributed by atoms with Crippen LogP contribution in [0.5, 0.6) is 0 Å². The normalized spacial score (nSPS) is 11.0. The van der Waals surface area contributed by atoms with E-state index in [4.69, 9.17) is 0 Å². The van der Waals surface area contributed by atoms with Gasteiger partial charge in [0.2, 0.25) is 0 Å². The van der Waals surface area contributed by atoms with Gasteiger partial charge in [-0.25, -0.2) is 0 Å². The zero-order chi connectivity index (χ0) is 17.1. The lowest BCUT2D eigenvalue weighted by Crippen LogP contribution is -2.30. The highest BCUT2D eigenvalue weighted by Crippen LogP contribution is 2.22. The smallest absolute Gasteiger partial charge is 0.255 e. The van der Waals surface area contributed by atoms with Crippen LogP contribution < -0.4 is 0 Å². The average Bonchev–Trinajstić information content (AvgIpc) is 2.93. The number of carbonyl (C=O) groups is 1. The summed E-state index contributed by atoms with van der Waals surface area (Å²) in [5.41, 5.74) is 4.10. The van der Waals surface area contributed by atoms with Gasteiger partial charge in [0.15, 0.2) is 0 Å². The first-order valence-corrected chi connectivity index (χ1v) is 8.41. The summed E-state index contributed by atoms with van der Waals surface area (Å²) in [7, 11) is 2.06. The Kier molecular flexibility index (Phi) is 4.65. The summed E-state index contributed by atoms with van der Waals surface area (Å²) in [6.07, 6.45) is 4.61. The van der Waals surface area contributed by atoms with Gasteiger partial charge in [-0.1, -0.05) is 18.2 Å². The van der Waals surface area contributed by atoms with Crippen molar-refractivity contribution < 1.29 is 4.79 Å². The number of carbonyl (C=O) groups excluding carboxylic acids is 1. The summed E-state index contributed by atoms with van der Waals surface area (Å²) in [6.45, 7) is 5.41. The maximum atomic E-state index is 12.3. The van der Waals surface area contributed by atoms with Crippen molar-refractivity contribution in [2.24, 2.45) is 7.05 Å². The minimum absolute atomic E-state index is 0.0456. The summed E-state index contributed by atoms with van der Waals surface area (Å²) in [5, 5.41) is 1.25. The third kappa shape index (κ3) is 3.04. The van der Waals surface area contributed by atoms with Crippen molar-refractivity contribution in [2.45, 2.75) is 20.3 Å². The van der Waals surface area contributed by atoms with E-state index >= 15 is 0 Å². The SMILES string of the molecule is CCN(CC)C(=O)c1ccc(Cc2cn(C)c3ccccc23)nc1. The zero-order valence-electron chi connectivity index (χ0n) is 14.5. The summed E-state index contributed by atoms with van der Waals surface area (Å²) in [5.74, 6) is 0.0456. The van der Waals surface area contributed by atoms with Gasteiger partial charge in [-0.3, -0.25) is 9.78 Å². The van der Waals surface area contributed by atoms with Gasteiger partial charge >= 0.3 is 0 Å². The van der Waals surface area contributed by atoms with E-state index in [1.165, 1.54) is 16.5 Å². The Hall–Kier alpha value is -2.62. The van der Waals surface area contributed by atoms with Crippen molar-refractivity contribution in [1.82, 2.24) is 14.5 Å². The predicted octanol–water partition coefficient (Wildman–Crippen LogP) is 3.65. The van der Waals surface area contributed by atoms with E-state index in [1.54, 1.807) is 11.1 Å². The number of benzene rings is 1. The molecule has 0 N–H and O–H groups in total. The van der Waals surface area contributed by atoms with Gasteiger partial charge in [0.1, 0.15) is 0 Å². The van der Waals surface area contributed by atoms with Crippen LogP contribution in [0.4, 0.5) is 0 Å². The van der Waals surface area contributed by atoms with Crippen LogP contribution in [0.1, 0.15) is 35.5 Å². The number of para-hydroxylation sites is 1. The van der Waals surface area contributed by atoms with Crippen molar-refractivity contribution in [3.63, 3.8) is 0 Å². The first kappa shape index (κ1) is 16.2. The fourth-order valence-corrected chi connectivity index (χ4v) is 3.11. The van der Waals surface area contributed by atoms with Crippen LogP contribution in [-0.4, -0.2) is 33.4 Å². The third-order valence-corrected chi connectivity index (χ3v) is 4.47. The van der Waals surface area contributed by atoms with Crippen LogP contribution in [0.15, 0.2) is 48.8 Å². The monoisotopic (exact) mass is 321 g/mol. The molecule has 2 aromatic heterocycles. The van der Waals surface area contributed by atoms with Gasteiger partial charge in [0, 0.05) is 55.5 Å². The van der Waals surface area contributed by atoms with Gasteiger partial charge in [-0.2, -0.15) is 0 Å². The van der Waals surface area contributed by atoms with Crippen LogP contribution in [0.25, 0.3) is 10.9 Å². The van der Waals surface area contributed by atoms with Gasteiger partial charge in [-0.05, 0) is 37.6 Å². The number of fused-ring (bicyclic) bond motifs is 1. The van der Waals surface area contributed by atoms with Crippen LogP contribution in [-0.2, 0) is 13.5 Å². The first-order valence-electron chi connectivity index (χ1n) is 8.41. The van der Waals surface area contributed by atoms with E-state index in [1.807, 2.05) is 26.0 Å². The molecule has 3 rings (SSSR count). The summed E-state index contributed by atoms with van der Waals surface area (Å²) in [6, 6.07) is 12.2. The molecule has 0 atom stereocenters. The first-order chi connectivity index (χ1) is 11.6. The predicted molar refractivity (Wildman–Crippen MR) is 97.2 cm³/mol. The van der Waals surface area contributed by atoms with Crippen molar-refractivity contribution in [1.29, 1.82) is 0 Å². The lowest BCUT2D eigenvalue weighted by atomic mass is 10.1. The summed E-state index contributed by atoms with van der Waals surface area (Å²) >= 11 is 0. The molecule has 0 aliphatic carbocycles. The van der Waals surface area contributed by atoms with Crippen LogP contribution >= 0.6 is 0 Å². The Morgan fingerprint density at radius 2 is 1.88 bits per heavy atom. The minimum atomic E-state index is 0.0456. The van der Waals surface area contributed by atoms with E-state index < -0.39 is 0 Å². The molecule has 0 unspecified atom stereocenters. The maximum Gasteiger partial charge on any atom is 0.255 e. The Balaban J connectivity index is 1.82. The molecule has 24 heavy (non-hydrogen) atoms. The molecular formula is C20H23N3O. The molecule has 0 saturated carbocycles. The van der Waals surface area contributed by atoms with Crippen molar-refractivity contribution in [2.75, 3.05) is 13.1 Å². The van der Waals surface area contributed by atoms with E-state index in [2.05, 4.69) is 47.1 Å². The highest BCUT2D eigenvalue weighted by Gasteiger charge is 2.13. The molecule has 0 radical (unpaired) electrons. The van der Waals surface area contributed by atoms with Crippen molar-refractivity contribution in [3.8, 4) is 0 Å². The minimum Gasteiger partial charge on any atom is -0.350 e. The summed E-state index contributed by atoms with van der Waals surface area (Å²) < 4.78 is 2.14. The van der Waals surface area contributed by atoms with Crippen LogP contribution in [0, 0.1) is 0 Å². The quantitative estimate of drug-likeness (QED) is 0.719. The molecule has 124 valence electrons. The van der Waals surface area contributed by atoms with Gasteiger partial charge < -0.3 is 9.47 Å². The molecule has 1 aromatic carbocycles. The zero-order valence-corrected chi connectivity index (χ0v) is 14.5. The van der Waals surface area contributed by atoms with Gasteiger partial charge in [0.25, 0.3) is 5.91 Å². The van der Waals surface area contributed by atoms with E-state index in [-0.39, 0.29) is 5.91 Å². The second-order valence-electron chi connectivity index (χ2n) is 5.97. The molecule has 0 saturated heterocycles. The highest BCUT2D eigenvalue weighted by molar-refractivity contribution is 5.93. The molecular weight excluding hydrogens is 298 g/mol. The molecule has 0 bridgehead atoms. The number of amides is 1. The number of aryl methyl sites for hydroxylation is 1. The van der Waals surface area contributed by atoms with Gasteiger partial charge in [0.05, 0.1) is 5.56 Å². The Bertz CT molecular complexity index is 845. The standard InChI is InChI=1S/C20H23N3O/c1-4-23(5-2)20(24)15-10-11-17(21-13-15)12-16-14-22(3)19-9-7-6-8-18(16)19/h6-11,13-14H,4-5,12H2,1-3H3. The number of hydrogen-bond acceptors (Lipinski definition) is 2. The fourth-order valence-electron chi connectivity index (χ4n) is 3.11. The molecule has 4 heteroatoms. The van der Waals surface area contributed by atoms with E-state index in [0.717, 1.165) is 12.1 Å². The molecule has 4 nitrogen and oxygen atoms in total. The lowest BCUT2D eigenvalue weighted by molar-refractivity contribution is 0.0772. The molecule has 0 aliphatic heterocycles. The number of nitrogens with zero attached hydrogens (tertiary/aromatic N) is 3. The largest absolute Gasteiger partial charge is 0.350 e. The molecule has 0 aliphatic rings. The molecule has 0 spiro atoms. The van der Waals surface area contributed by atoms with Crippen LogP contribution in [0.2, 0.25) is 0 Å². The van der Waals surface area contributed by atoms with Crippen molar-refractivity contribution >= 4 is 16.8 Å². The maximum absolute atomic E-state index is 12.3. The highest BCUT2D eigenvalue weighted by atomic mass is 16.2. The second-order valence-corrected chi connectivity index (χ2v) is 5.97. The Labute approximate surface area is 142 Å². The molecule has 1 amide bonds. The third-order valence-electron chi connectivity index (χ3n) is 4.47. The Morgan fingerprint density at radius 1 is 1.12 bits per heavy atom. The average molecular weight is 321 g/mol. The van der Waals surface area contributed by atoms with Crippen molar-refractivity contribution in [3.05, 3.63) is 65.6 Å². The molecule has 0 fully saturated rings. The fraction of sp³-hybridized carbons (Fsp3) is 0.300. The lowest BCUT2D eigenvalue weighted by Gasteiger charge is -2.18. The van der Waals surface area contributed by atoms with Gasteiger partial charge in [-0.15, -0.1) is 0 Å². The Morgan fingerprint density at radius 3 is 2.54 bits per heavy atom. The number of aromatic nitrogens is 2. The van der Waals surface area contributed by atoms with Crippen LogP contribution in [0.3, 0.4) is 0 Å². The summed E-state index contributed by atoms with van der Waals surface area (Å²) in [4.78, 5) is 18.6. The topological polar surface area (TPSA) is 38.1 Å².